The van der Waals surface area contributed by atoms with Crippen molar-refractivity contribution in [1.82, 2.24) is 24.5 Å². The minimum Gasteiger partial charge on any atom is -0.392 e. The van der Waals surface area contributed by atoms with Gasteiger partial charge in [-0.1, -0.05) is 18.7 Å². The molecule has 4 aromatic heterocycles. The molecule has 0 atom stereocenters. The van der Waals surface area contributed by atoms with Gasteiger partial charge in [-0.15, -0.1) is 4.98 Å². The van der Waals surface area contributed by atoms with E-state index in [1.54, 1.807) is 18.5 Å². The summed E-state index contributed by atoms with van der Waals surface area (Å²) < 4.78 is 1.92. The van der Waals surface area contributed by atoms with Gasteiger partial charge in [0.15, 0.2) is 11.5 Å². The van der Waals surface area contributed by atoms with Gasteiger partial charge in [0.25, 0.3) is 5.82 Å². The molecule has 0 aliphatic rings. The van der Waals surface area contributed by atoms with E-state index in [2.05, 4.69) is 14.8 Å². The standard InChI is InChI=1S/C24H17N7O/c1-26-21-13-16(10-12-27-21)19-8-9-20-24(29-19)31(17-6-4-15(14-32)5-7-17)23(30-20)18-3-2-11-28-22(18)25/h2-13,32H,14H2,(H2,25,28). The van der Waals surface area contributed by atoms with Crippen LogP contribution in [-0.4, -0.2) is 29.6 Å². The summed E-state index contributed by atoms with van der Waals surface area (Å²) in [5.74, 6) is 1.29. The number of aliphatic hydroxyl groups excluding tert-OH is 1. The lowest BCUT2D eigenvalue weighted by Crippen LogP contribution is -2.02. The Hall–Kier alpha value is -4.61. The molecule has 0 spiro atoms. The Balaban J connectivity index is 1.78. The summed E-state index contributed by atoms with van der Waals surface area (Å²) >= 11 is 0. The van der Waals surface area contributed by atoms with Crippen molar-refractivity contribution in [3.8, 4) is 28.3 Å². The third-order valence-corrected chi connectivity index (χ3v) is 5.12. The van der Waals surface area contributed by atoms with Gasteiger partial charge in [0.1, 0.15) is 17.5 Å². The molecule has 0 unspecified atom stereocenters. The Morgan fingerprint density at radius 2 is 1.81 bits per heavy atom. The van der Waals surface area contributed by atoms with Crippen LogP contribution < -0.4 is 5.73 Å². The molecule has 0 aliphatic heterocycles. The van der Waals surface area contributed by atoms with Gasteiger partial charge in [-0.25, -0.2) is 15.0 Å². The predicted molar refractivity (Wildman–Crippen MR) is 122 cm³/mol. The van der Waals surface area contributed by atoms with E-state index >= 15 is 0 Å². The molecule has 8 nitrogen and oxygen atoms in total. The first kappa shape index (κ1) is 19.4. The zero-order valence-corrected chi connectivity index (χ0v) is 16.8. The molecule has 0 saturated heterocycles. The fraction of sp³-hybridized carbons (Fsp3) is 0.0417. The predicted octanol–water partition coefficient (Wildman–Crippen LogP) is 4.17. The number of nitrogen functional groups attached to an aromatic ring is 1. The molecule has 5 rings (SSSR count). The van der Waals surface area contributed by atoms with Crippen LogP contribution >= 0.6 is 0 Å². The van der Waals surface area contributed by atoms with Crippen molar-refractivity contribution in [3.05, 3.63) is 90.0 Å². The van der Waals surface area contributed by atoms with Crippen LogP contribution in [0.5, 0.6) is 0 Å². The molecular weight excluding hydrogens is 402 g/mol. The maximum atomic E-state index is 9.42. The van der Waals surface area contributed by atoms with Gasteiger partial charge in [-0.05, 0) is 59.7 Å². The van der Waals surface area contributed by atoms with Crippen LogP contribution in [-0.2, 0) is 6.61 Å². The Kier molecular flexibility index (Phi) is 4.78. The Morgan fingerprint density at radius 3 is 2.56 bits per heavy atom. The number of anilines is 1. The molecular formula is C24H17N7O. The van der Waals surface area contributed by atoms with Crippen LogP contribution in [0.2, 0.25) is 0 Å². The van der Waals surface area contributed by atoms with E-state index in [1.165, 1.54) is 0 Å². The molecule has 0 saturated carbocycles. The number of benzene rings is 1. The van der Waals surface area contributed by atoms with Gasteiger partial charge < -0.3 is 15.7 Å². The Labute approximate surface area is 183 Å². The summed E-state index contributed by atoms with van der Waals surface area (Å²) in [5.41, 5.74) is 11.3. The molecule has 1 aromatic carbocycles. The number of nitrogens with two attached hydrogens (primary N) is 1. The number of aliphatic hydroxyl groups is 1. The molecule has 5 aromatic rings. The number of imidazole rings is 1. The number of fused-ring (bicyclic) bond motifs is 1. The van der Waals surface area contributed by atoms with Crippen molar-refractivity contribution in [2.24, 2.45) is 0 Å². The van der Waals surface area contributed by atoms with Crippen LogP contribution in [0.3, 0.4) is 0 Å². The summed E-state index contributed by atoms with van der Waals surface area (Å²) in [4.78, 5) is 21.3. The molecule has 32 heavy (non-hydrogen) atoms. The highest BCUT2D eigenvalue weighted by Gasteiger charge is 2.18. The highest BCUT2D eigenvalue weighted by molar-refractivity contribution is 5.84. The zero-order chi connectivity index (χ0) is 22.1. The largest absolute Gasteiger partial charge is 0.392 e. The fourth-order valence-electron chi connectivity index (χ4n) is 3.54. The van der Waals surface area contributed by atoms with Gasteiger partial charge in [0, 0.05) is 11.9 Å². The minimum absolute atomic E-state index is 0.0405. The van der Waals surface area contributed by atoms with E-state index in [4.69, 9.17) is 22.3 Å². The van der Waals surface area contributed by atoms with Crippen LogP contribution in [0.25, 0.3) is 44.3 Å². The van der Waals surface area contributed by atoms with E-state index in [0.29, 0.717) is 39.9 Å². The van der Waals surface area contributed by atoms with E-state index in [9.17, 15) is 5.11 Å². The molecule has 8 heteroatoms. The third-order valence-electron chi connectivity index (χ3n) is 5.12. The second kappa shape index (κ2) is 7.91. The minimum atomic E-state index is -0.0405. The normalized spacial score (nSPS) is 10.9. The molecule has 0 fully saturated rings. The first-order valence-electron chi connectivity index (χ1n) is 9.82. The number of rotatable bonds is 4. The third kappa shape index (κ3) is 3.33. The van der Waals surface area contributed by atoms with Crippen molar-refractivity contribution in [3.63, 3.8) is 0 Å². The average Bonchev–Trinajstić information content (AvgIpc) is 3.23. The monoisotopic (exact) mass is 419 g/mol. The molecule has 4 heterocycles. The number of hydrogen-bond acceptors (Lipinski definition) is 6. The van der Waals surface area contributed by atoms with Gasteiger partial charge in [0.2, 0.25) is 0 Å². The number of nitrogens with zero attached hydrogens (tertiary/aromatic N) is 6. The van der Waals surface area contributed by atoms with E-state index in [1.807, 2.05) is 59.2 Å². The van der Waals surface area contributed by atoms with Crippen molar-refractivity contribution in [2.45, 2.75) is 6.61 Å². The van der Waals surface area contributed by atoms with Gasteiger partial charge in [0.05, 0.1) is 17.9 Å². The number of hydrogen-bond donors (Lipinski definition) is 2. The lowest BCUT2D eigenvalue weighted by Gasteiger charge is -2.11. The quantitative estimate of drug-likeness (QED) is 0.424. The van der Waals surface area contributed by atoms with Crippen molar-refractivity contribution >= 4 is 22.8 Å². The maximum Gasteiger partial charge on any atom is 0.270 e. The lowest BCUT2D eigenvalue weighted by molar-refractivity contribution is 0.282. The first-order valence-corrected chi connectivity index (χ1v) is 9.82. The fourth-order valence-corrected chi connectivity index (χ4v) is 3.54. The van der Waals surface area contributed by atoms with Crippen molar-refractivity contribution < 1.29 is 5.11 Å². The highest BCUT2D eigenvalue weighted by atomic mass is 16.3. The summed E-state index contributed by atoms with van der Waals surface area (Å²) in [6.07, 6.45) is 3.23. The van der Waals surface area contributed by atoms with Gasteiger partial charge in [-0.3, -0.25) is 4.57 Å². The maximum absolute atomic E-state index is 9.42. The van der Waals surface area contributed by atoms with Gasteiger partial charge in [-0.2, -0.15) is 0 Å². The first-order chi connectivity index (χ1) is 15.7. The van der Waals surface area contributed by atoms with Gasteiger partial charge >= 0.3 is 0 Å². The zero-order valence-electron chi connectivity index (χ0n) is 16.8. The van der Waals surface area contributed by atoms with Crippen LogP contribution in [0.1, 0.15) is 5.56 Å². The van der Waals surface area contributed by atoms with E-state index < -0.39 is 0 Å². The van der Waals surface area contributed by atoms with Crippen LogP contribution in [0, 0.1) is 6.57 Å². The lowest BCUT2D eigenvalue weighted by atomic mass is 10.1. The topological polar surface area (TPSA) is 107 Å². The smallest absolute Gasteiger partial charge is 0.270 e. The van der Waals surface area contributed by atoms with Crippen molar-refractivity contribution in [2.75, 3.05) is 5.73 Å². The SMILES string of the molecule is [C-]#[N+]c1cc(-c2ccc3nc(-c4cccnc4N)n(-c4ccc(CO)cc4)c3n2)ccn1. The molecule has 0 aliphatic carbocycles. The molecule has 0 radical (unpaired) electrons. The molecule has 154 valence electrons. The second-order valence-electron chi connectivity index (χ2n) is 7.09. The highest BCUT2D eigenvalue weighted by Crippen LogP contribution is 2.32. The average molecular weight is 419 g/mol. The molecule has 3 N–H and O–H groups in total. The van der Waals surface area contributed by atoms with Crippen molar-refractivity contribution in [1.29, 1.82) is 0 Å². The number of aromatic nitrogens is 5. The summed E-state index contributed by atoms with van der Waals surface area (Å²) in [6.45, 7) is 7.18. The summed E-state index contributed by atoms with van der Waals surface area (Å²) in [6, 6.07) is 18.5. The Morgan fingerprint density at radius 1 is 0.969 bits per heavy atom. The summed E-state index contributed by atoms with van der Waals surface area (Å²) in [7, 11) is 0. The number of pyridine rings is 3. The Bertz CT molecular complexity index is 1480. The second-order valence-corrected chi connectivity index (χ2v) is 7.09. The molecule has 0 bridgehead atoms. The summed E-state index contributed by atoms with van der Waals surface area (Å²) in [5, 5.41) is 9.42. The van der Waals surface area contributed by atoms with Crippen LogP contribution in [0.4, 0.5) is 11.6 Å². The van der Waals surface area contributed by atoms with E-state index in [-0.39, 0.29) is 6.61 Å². The van der Waals surface area contributed by atoms with Crippen LogP contribution in [0.15, 0.2) is 73.1 Å². The molecule has 0 amide bonds. The van der Waals surface area contributed by atoms with E-state index in [0.717, 1.165) is 16.8 Å².